The van der Waals surface area contributed by atoms with Crippen molar-refractivity contribution in [3.8, 4) is 11.6 Å². The van der Waals surface area contributed by atoms with Gasteiger partial charge in [-0.3, -0.25) is 4.98 Å². The van der Waals surface area contributed by atoms with E-state index in [1.165, 1.54) is 0 Å². The number of furan rings is 1. The number of benzene rings is 1. The summed E-state index contributed by atoms with van der Waals surface area (Å²) in [5, 5.41) is 4.44. The second-order valence-electron chi connectivity index (χ2n) is 6.50. The molecular weight excluding hydrogens is 326 g/mol. The van der Waals surface area contributed by atoms with Crippen molar-refractivity contribution in [3.05, 3.63) is 48.7 Å². The Morgan fingerprint density at radius 1 is 1.08 bits per heavy atom. The van der Waals surface area contributed by atoms with Crippen molar-refractivity contribution in [2.24, 2.45) is 0 Å². The first-order valence-electron chi connectivity index (χ1n) is 8.71. The molecule has 0 bridgehead atoms. The highest BCUT2D eigenvalue weighted by molar-refractivity contribution is 5.88. The van der Waals surface area contributed by atoms with E-state index in [4.69, 9.17) is 9.40 Å². The second-order valence-corrected chi connectivity index (χ2v) is 6.50. The van der Waals surface area contributed by atoms with Crippen LogP contribution in [0.15, 0.2) is 53.1 Å². The second kappa shape index (κ2) is 7.09. The molecule has 0 spiro atoms. The first kappa shape index (κ1) is 16.5. The lowest BCUT2D eigenvalue weighted by molar-refractivity contribution is 0.405. The van der Waals surface area contributed by atoms with Gasteiger partial charge < -0.3 is 14.6 Å². The van der Waals surface area contributed by atoms with Gasteiger partial charge in [0.2, 0.25) is 0 Å². The Bertz CT molecular complexity index is 1010. The number of fused-ring (bicyclic) bond motifs is 2. The minimum atomic E-state index is 0.566. The molecule has 1 aromatic carbocycles. The number of rotatable bonds is 6. The Labute approximate surface area is 151 Å². The molecule has 0 aliphatic rings. The molecule has 0 saturated carbocycles. The molecular formula is C20H21N5O. The third-order valence-corrected chi connectivity index (χ3v) is 4.18. The largest absolute Gasteiger partial charge is 0.453 e. The molecule has 0 aliphatic carbocycles. The van der Waals surface area contributed by atoms with Gasteiger partial charge in [0, 0.05) is 18.1 Å². The number of nitrogens with zero attached hydrogens (tertiary/aromatic N) is 4. The predicted molar refractivity (Wildman–Crippen MR) is 104 cm³/mol. The van der Waals surface area contributed by atoms with Crippen molar-refractivity contribution in [2.45, 2.75) is 6.42 Å². The smallest absolute Gasteiger partial charge is 0.198 e. The maximum atomic E-state index is 5.94. The lowest BCUT2D eigenvalue weighted by atomic mass is 10.2. The molecule has 3 aromatic heterocycles. The number of hydrogen-bond donors (Lipinski definition) is 1. The molecule has 0 amide bonds. The van der Waals surface area contributed by atoms with Crippen LogP contribution in [0, 0.1) is 0 Å². The Hall–Kier alpha value is -2.99. The Kier molecular flexibility index (Phi) is 4.50. The molecule has 132 valence electrons. The van der Waals surface area contributed by atoms with Gasteiger partial charge in [-0.2, -0.15) is 0 Å². The van der Waals surface area contributed by atoms with Gasteiger partial charge in [0.25, 0.3) is 0 Å². The summed E-state index contributed by atoms with van der Waals surface area (Å²) in [5.41, 5.74) is 2.41. The molecule has 4 rings (SSSR count). The zero-order chi connectivity index (χ0) is 17.9. The van der Waals surface area contributed by atoms with E-state index in [1.54, 1.807) is 6.20 Å². The van der Waals surface area contributed by atoms with E-state index in [2.05, 4.69) is 34.3 Å². The Morgan fingerprint density at radius 3 is 2.81 bits per heavy atom. The number of nitrogens with one attached hydrogen (secondary N) is 1. The maximum Gasteiger partial charge on any atom is 0.198 e. The molecule has 0 radical (unpaired) electrons. The van der Waals surface area contributed by atoms with E-state index in [0.717, 1.165) is 47.3 Å². The summed E-state index contributed by atoms with van der Waals surface area (Å²) in [6.45, 7) is 1.83. The summed E-state index contributed by atoms with van der Waals surface area (Å²) in [6, 6.07) is 13.7. The average Bonchev–Trinajstić information content (AvgIpc) is 3.09. The molecule has 0 aliphatic heterocycles. The minimum absolute atomic E-state index is 0.566. The van der Waals surface area contributed by atoms with Crippen molar-refractivity contribution in [1.29, 1.82) is 0 Å². The fraction of sp³-hybridized carbons (Fsp3) is 0.250. The van der Waals surface area contributed by atoms with Crippen LogP contribution in [0.2, 0.25) is 0 Å². The van der Waals surface area contributed by atoms with Gasteiger partial charge in [0.1, 0.15) is 11.1 Å². The van der Waals surface area contributed by atoms with Crippen LogP contribution in [-0.2, 0) is 0 Å². The van der Waals surface area contributed by atoms with Gasteiger partial charge in [-0.25, -0.2) is 9.97 Å². The topological polar surface area (TPSA) is 67.1 Å². The summed E-state index contributed by atoms with van der Waals surface area (Å²) in [6.07, 6.45) is 2.78. The van der Waals surface area contributed by atoms with E-state index in [1.807, 2.05) is 42.5 Å². The van der Waals surface area contributed by atoms with Gasteiger partial charge in [0.05, 0.1) is 5.52 Å². The molecule has 0 atom stereocenters. The standard InChI is InChI=1S/C20H21N5O/c1-25(2)12-6-11-22-20-18-15(8-5-10-21-18)23-19(24-20)17-13-14-7-3-4-9-16(14)26-17/h3-5,7-10,13H,6,11-12H2,1-2H3,(H,22,23,24). The zero-order valence-corrected chi connectivity index (χ0v) is 14.9. The highest BCUT2D eigenvalue weighted by Gasteiger charge is 2.13. The van der Waals surface area contributed by atoms with Crippen LogP contribution in [-0.4, -0.2) is 47.0 Å². The van der Waals surface area contributed by atoms with Gasteiger partial charge >= 0.3 is 0 Å². The van der Waals surface area contributed by atoms with Crippen molar-refractivity contribution >= 4 is 27.8 Å². The average molecular weight is 347 g/mol. The summed E-state index contributed by atoms with van der Waals surface area (Å²) in [4.78, 5) is 15.9. The van der Waals surface area contributed by atoms with E-state index in [0.29, 0.717) is 11.6 Å². The molecule has 0 fully saturated rings. The quantitative estimate of drug-likeness (QED) is 0.535. The van der Waals surface area contributed by atoms with E-state index in [9.17, 15) is 0 Å². The van der Waals surface area contributed by atoms with Crippen molar-refractivity contribution in [1.82, 2.24) is 19.9 Å². The fourth-order valence-corrected chi connectivity index (χ4v) is 2.90. The number of pyridine rings is 1. The van der Waals surface area contributed by atoms with Crippen LogP contribution in [0.5, 0.6) is 0 Å². The van der Waals surface area contributed by atoms with E-state index in [-0.39, 0.29) is 0 Å². The van der Waals surface area contributed by atoms with Crippen LogP contribution in [0.4, 0.5) is 5.82 Å². The maximum absolute atomic E-state index is 5.94. The molecule has 26 heavy (non-hydrogen) atoms. The summed E-state index contributed by atoms with van der Waals surface area (Å²) < 4.78 is 5.94. The van der Waals surface area contributed by atoms with Gasteiger partial charge in [-0.05, 0) is 51.3 Å². The molecule has 6 heteroatoms. The summed E-state index contributed by atoms with van der Waals surface area (Å²) >= 11 is 0. The minimum Gasteiger partial charge on any atom is -0.453 e. The fourth-order valence-electron chi connectivity index (χ4n) is 2.90. The van der Waals surface area contributed by atoms with Gasteiger partial charge in [0.15, 0.2) is 17.4 Å². The highest BCUT2D eigenvalue weighted by Crippen LogP contribution is 2.28. The predicted octanol–water partition coefficient (Wildman–Crippen LogP) is 3.80. The summed E-state index contributed by atoms with van der Waals surface area (Å²) in [5.74, 6) is 1.97. The van der Waals surface area contributed by atoms with Crippen LogP contribution in [0.3, 0.4) is 0 Å². The molecule has 3 heterocycles. The third-order valence-electron chi connectivity index (χ3n) is 4.18. The van der Waals surface area contributed by atoms with E-state index >= 15 is 0 Å². The first-order chi connectivity index (χ1) is 12.7. The number of aromatic nitrogens is 3. The Balaban J connectivity index is 1.71. The van der Waals surface area contributed by atoms with Crippen molar-refractivity contribution in [2.75, 3.05) is 32.5 Å². The monoisotopic (exact) mass is 347 g/mol. The number of anilines is 1. The lowest BCUT2D eigenvalue weighted by Crippen LogP contribution is -2.17. The Morgan fingerprint density at radius 2 is 1.96 bits per heavy atom. The molecule has 1 N–H and O–H groups in total. The van der Waals surface area contributed by atoms with Gasteiger partial charge in [-0.15, -0.1) is 0 Å². The molecule has 4 aromatic rings. The van der Waals surface area contributed by atoms with Gasteiger partial charge in [-0.1, -0.05) is 18.2 Å². The van der Waals surface area contributed by atoms with Crippen molar-refractivity contribution < 1.29 is 4.42 Å². The molecule has 0 saturated heterocycles. The highest BCUT2D eigenvalue weighted by atomic mass is 16.3. The molecule has 0 unspecified atom stereocenters. The van der Waals surface area contributed by atoms with E-state index < -0.39 is 0 Å². The van der Waals surface area contributed by atoms with Crippen molar-refractivity contribution in [3.63, 3.8) is 0 Å². The van der Waals surface area contributed by atoms with Crippen LogP contribution < -0.4 is 5.32 Å². The lowest BCUT2D eigenvalue weighted by Gasteiger charge is -2.11. The number of para-hydroxylation sites is 1. The van der Waals surface area contributed by atoms with Crippen LogP contribution >= 0.6 is 0 Å². The third kappa shape index (κ3) is 3.36. The summed E-state index contributed by atoms with van der Waals surface area (Å²) in [7, 11) is 4.14. The van der Waals surface area contributed by atoms with Crippen LogP contribution in [0.25, 0.3) is 33.6 Å². The first-order valence-corrected chi connectivity index (χ1v) is 8.71. The SMILES string of the molecule is CN(C)CCCNc1nc(-c2cc3ccccc3o2)nc2cccnc12. The number of hydrogen-bond acceptors (Lipinski definition) is 6. The normalized spacial score (nSPS) is 11.5. The molecule has 6 nitrogen and oxygen atoms in total. The zero-order valence-electron chi connectivity index (χ0n) is 14.9. The van der Waals surface area contributed by atoms with Crippen LogP contribution in [0.1, 0.15) is 6.42 Å².